The van der Waals surface area contributed by atoms with Crippen molar-refractivity contribution >= 4 is 16.8 Å². The quantitative estimate of drug-likeness (QED) is 0.164. The molecule has 0 aliphatic carbocycles. The van der Waals surface area contributed by atoms with Crippen LogP contribution in [-0.2, 0) is 6.42 Å². The topological polar surface area (TPSA) is 67.5 Å². The number of ketones is 1. The highest BCUT2D eigenvalue weighted by Gasteiger charge is 2.22. The fraction of sp³-hybridized carbons (Fsp3) is 0.667. The first-order chi connectivity index (χ1) is 16.6. The van der Waals surface area contributed by atoms with Crippen LogP contribution >= 0.6 is 0 Å². The Morgan fingerprint density at radius 1 is 0.765 bits per heavy atom. The molecule has 0 fully saturated rings. The summed E-state index contributed by atoms with van der Waals surface area (Å²) in [6.07, 6.45) is 19.7. The molecular formula is C30H46O4. The maximum absolute atomic E-state index is 13.2. The largest absolute Gasteiger partial charge is 0.507 e. The normalized spacial score (nSPS) is 11.4. The van der Waals surface area contributed by atoms with Gasteiger partial charge in [0.1, 0.15) is 28.0 Å². The Bertz CT molecular complexity index is 912. The number of carbonyl (C=O) groups is 1. The van der Waals surface area contributed by atoms with E-state index in [1.54, 1.807) is 12.1 Å². The van der Waals surface area contributed by atoms with Crippen LogP contribution in [-0.4, -0.2) is 10.9 Å². The molecule has 0 aliphatic rings. The van der Waals surface area contributed by atoms with Crippen molar-refractivity contribution in [2.75, 3.05) is 0 Å². The summed E-state index contributed by atoms with van der Waals surface area (Å²) in [6, 6.07) is 4.84. The van der Waals surface area contributed by atoms with Crippen molar-refractivity contribution in [2.24, 2.45) is 0 Å². The number of phenols is 1. The number of hydrogen-bond donors (Lipinski definition) is 1. The predicted octanol–water partition coefficient (Wildman–Crippen LogP) is 8.90. The van der Waals surface area contributed by atoms with Gasteiger partial charge in [0.05, 0.1) is 0 Å². The van der Waals surface area contributed by atoms with Crippen LogP contribution in [0.5, 0.6) is 5.75 Å². The number of rotatable bonds is 19. The van der Waals surface area contributed by atoms with Crippen molar-refractivity contribution in [3.05, 3.63) is 39.7 Å². The molecule has 0 unspecified atom stereocenters. The van der Waals surface area contributed by atoms with Crippen LogP contribution < -0.4 is 5.43 Å². The Morgan fingerprint density at radius 3 is 1.88 bits per heavy atom. The molecule has 1 aromatic carbocycles. The zero-order valence-corrected chi connectivity index (χ0v) is 21.6. The second kappa shape index (κ2) is 16.5. The highest BCUT2D eigenvalue weighted by molar-refractivity contribution is 6.00. The summed E-state index contributed by atoms with van der Waals surface area (Å²) < 4.78 is 6.04. The number of fused-ring (bicyclic) bond motifs is 1. The van der Waals surface area contributed by atoms with Crippen molar-refractivity contribution in [1.82, 2.24) is 0 Å². The molecule has 4 nitrogen and oxygen atoms in total. The lowest BCUT2D eigenvalue weighted by Gasteiger charge is -2.10. The van der Waals surface area contributed by atoms with E-state index in [1.165, 1.54) is 76.7 Å². The van der Waals surface area contributed by atoms with Gasteiger partial charge in [-0.05, 0) is 25.0 Å². The summed E-state index contributed by atoms with van der Waals surface area (Å²) in [5.74, 6) is 0.240. The molecule has 0 saturated heterocycles. The minimum atomic E-state index is -0.376. The molecule has 1 heterocycles. The van der Waals surface area contributed by atoms with E-state index in [0.29, 0.717) is 24.2 Å². The number of aromatic hydroxyl groups is 1. The fourth-order valence-electron chi connectivity index (χ4n) is 4.69. The lowest BCUT2D eigenvalue weighted by atomic mass is 9.98. The second-order valence-corrected chi connectivity index (χ2v) is 9.75. The second-order valence-electron chi connectivity index (χ2n) is 9.75. The third kappa shape index (κ3) is 9.27. The molecule has 0 aliphatic heterocycles. The standard InChI is InChI=1S/C30H46O4/c1-3-5-7-9-11-13-15-17-20-24(31)28-26(22-18-16-14-12-10-8-6-4-2)34-27-23-19-21-25(32)29(27)30(28)33/h19,21,23,32H,3-18,20,22H2,1-2H3. The van der Waals surface area contributed by atoms with Gasteiger partial charge in [0.25, 0.3) is 0 Å². The van der Waals surface area contributed by atoms with Crippen molar-refractivity contribution in [1.29, 1.82) is 0 Å². The van der Waals surface area contributed by atoms with Gasteiger partial charge in [-0.3, -0.25) is 9.59 Å². The van der Waals surface area contributed by atoms with Crippen LogP contribution in [0.25, 0.3) is 11.0 Å². The molecule has 34 heavy (non-hydrogen) atoms. The fourth-order valence-corrected chi connectivity index (χ4v) is 4.69. The van der Waals surface area contributed by atoms with Crippen molar-refractivity contribution < 1.29 is 14.3 Å². The summed E-state index contributed by atoms with van der Waals surface area (Å²) in [7, 11) is 0. The Kier molecular flexibility index (Phi) is 13.7. The molecule has 2 aromatic rings. The van der Waals surface area contributed by atoms with Crippen molar-refractivity contribution in [3.63, 3.8) is 0 Å². The van der Waals surface area contributed by atoms with Gasteiger partial charge in [-0.15, -0.1) is 0 Å². The van der Waals surface area contributed by atoms with Gasteiger partial charge in [0, 0.05) is 12.8 Å². The van der Waals surface area contributed by atoms with E-state index < -0.39 is 0 Å². The van der Waals surface area contributed by atoms with Crippen molar-refractivity contribution in [2.45, 2.75) is 129 Å². The smallest absolute Gasteiger partial charge is 0.207 e. The van der Waals surface area contributed by atoms with Gasteiger partial charge in [0.15, 0.2) is 5.78 Å². The number of benzene rings is 1. The summed E-state index contributed by atoms with van der Waals surface area (Å²) in [4.78, 5) is 26.4. The third-order valence-corrected chi connectivity index (χ3v) is 6.76. The first-order valence-corrected chi connectivity index (χ1v) is 13.9. The molecule has 190 valence electrons. The van der Waals surface area contributed by atoms with Crippen LogP contribution in [0.3, 0.4) is 0 Å². The van der Waals surface area contributed by atoms with Gasteiger partial charge < -0.3 is 9.52 Å². The van der Waals surface area contributed by atoms with Crippen LogP contribution in [0.1, 0.15) is 139 Å². The molecular weight excluding hydrogens is 424 g/mol. The zero-order chi connectivity index (χ0) is 24.6. The number of Topliss-reactive ketones (excluding diaryl/α,β-unsaturated/α-hetero) is 1. The number of carbonyl (C=O) groups excluding carboxylic acids is 1. The predicted molar refractivity (Wildman–Crippen MR) is 142 cm³/mol. The molecule has 4 heteroatoms. The third-order valence-electron chi connectivity index (χ3n) is 6.76. The molecule has 0 amide bonds. The molecule has 1 aromatic heterocycles. The average molecular weight is 471 g/mol. The molecule has 1 N–H and O–H groups in total. The lowest BCUT2D eigenvalue weighted by Crippen LogP contribution is -2.19. The summed E-state index contributed by atoms with van der Waals surface area (Å²) in [6.45, 7) is 4.45. The SMILES string of the molecule is CCCCCCCCCCC(=O)c1c(CCCCCCCCCC)oc2cccc(O)c2c1=O. The molecule has 0 saturated carbocycles. The van der Waals surface area contributed by atoms with Crippen LogP contribution in [0, 0.1) is 0 Å². The van der Waals surface area contributed by atoms with E-state index in [0.717, 1.165) is 32.1 Å². The number of phenolic OH excluding ortho intramolecular Hbond substituents is 1. The van der Waals surface area contributed by atoms with Crippen LogP contribution in [0.15, 0.2) is 27.4 Å². The monoisotopic (exact) mass is 470 g/mol. The van der Waals surface area contributed by atoms with Gasteiger partial charge in [-0.2, -0.15) is 0 Å². The maximum atomic E-state index is 13.2. The number of hydrogen-bond acceptors (Lipinski definition) is 4. The van der Waals surface area contributed by atoms with Gasteiger partial charge in [-0.1, -0.05) is 110 Å². The number of aryl methyl sites for hydroxylation is 1. The maximum Gasteiger partial charge on any atom is 0.207 e. The van der Waals surface area contributed by atoms with E-state index in [-0.39, 0.29) is 27.9 Å². The first-order valence-electron chi connectivity index (χ1n) is 13.9. The molecule has 2 rings (SSSR count). The van der Waals surface area contributed by atoms with E-state index in [1.807, 2.05) is 0 Å². The Labute approximate surface area is 206 Å². The average Bonchev–Trinajstić information content (AvgIpc) is 2.82. The number of unbranched alkanes of at least 4 members (excludes halogenated alkanes) is 14. The van der Waals surface area contributed by atoms with Crippen molar-refractivity contribution in [3.8, 4) is 5.75 Å². The minimum absolute atomic E-state index is 0.119. The highest BCUT2D eigenvalue weighted by Crippen LogP contribution is 2.26. The van der Waals surface area contributed by atoms with E-state index in [2.05, 4.69) is 13.8 Å². The first kappa shape index (κ1) is 28.1. The Hall–Kier alpha value is -2.10. The molecule has 0 atom stereocenters. The Balaban J connectivity index is 1.98. The highest BCUT2D eigenvalue weighted by atomic mass is 16.3. The minimum Gasteiger partial charge on any atom is -0.507 e. The van der Waals surface area contributed by atoms with Crippen LogP contribution in [0.2, 0.25) is 0 Å². The summed E-state index contributed by atoms with van der Waals surface area (Å²) >= 11 is 0. The van der Waals surface area contributed by atoms with Gasteiger partial charge in [-0.25, -0.2) is 0 Å². The summed E-state index contributed by atoms with van der Waals surface area (Å²) in [5, 5.41) is 10.4. The lowest BCUT2D eigenvalue weighted by molar-refractivity contribution is 0.0974. The van der Waals surface area contributed by atoms with Gasteiger partial charge >= 0.3 is 0 Å². The summed E-state index contributed by atoms with van der Waals surface area (Å²) in [5.41, 5.74) is 0.154. The zero-order valence-electron chi connectivity index (χ0n) is 21.6. The molecule has 0 radical (unpaired) electrons. The molecule has 0 spiro atoms. The Morgan fingerprint density at radius 2 is 1.29 bits per heavy atom. The molecule has 0 bridgehead atoms. The van der Waals surface area contributed by atoms with E-state index >= 15 is 0 Å². The van der Waals surface area contributed by atoms with Crippen LogP contribution in [0.4, 0.5) is 0 Å². The van der Waals surface area contributed by atoms with E-state index in [9.17, 15) is 14.7 Å². The van der Waals surface area contributed by atoms with E-state index in [4.69, 9.17) is 4.42 Å². The van der Waals surface area contributed by atoms with Gasteiger partial charge in [0.2, 0.25) is 5.43 Å².